The molecule has 0 spiro atoms. The van der Waals surface area contributed by atoms with Gasteiger partial charge in [-0.2, -0.15) is 0 Å². The first kappa shape index (κ1) is 9.23. The van der Waals surface area contributed by atoms with Crippen molar-refractivity contribution in [1.82, 2.24) is 0 Å². The smallest absolute Gasteiger partial charge is 0.269 e. The molecule has 66 valence electrons. The van der Waals surface area contributed by atoms with Gasteiger partial charge in [-0.15, -0.1) is 6.42 Å². The molecular formula is C9H7NO3. The molecule has 4 nitrogen and oxygen atoms in total. The summed E-state index contributed by atoms with van der Waals surface area (Å²) in [5.74, 6) is 2.12. The summed E-state index contributed by atoms with van der Waals surface area (Å²) in [6.45, 7) is 0. The van der Waals surface area contributed by atoms with Crippen molar-refractivity contribution in [2.45, 2.75) is 6.10 Å². The summed E-state index contributed by atoms with van der Waals surface area (Å²) in [6, 6.07) is 5.47. The number of aliphatic hydroxyl groups is 1. The van der Waals surface area contributed by atoms with Crippen LogP contribution in [0.1, 0.15) is 11.7 Å². The molecule has 0 saturated heterocycles. The minimum atomic E-state index is -0.999. The molecule has 0 aliphatic carbocycles. The summed E-state index contributed by atoms with van der Waals surface area (Å²) in [7, 11) is 0. The van der Waals surface area contributed by atoms with Crippen molar-refractivity contribution in [1.29, 1.82) is 0 Å². The number of benzene rings is 1. The van der Waals surface area contributed by atoms with Crippen molar-refractivity contribution in [3.05, 3.63) is 39.9 Å². The molecule has 0 saturated carbocycles. The Labute approximate surface area is 75.0 Å². The van der Waals surface area contributed by atoms with Crippen LogP contribution in [-0.2, 0) is 0 Å². The van der Waals surface area contributed by atoms with E-state index in [9.17, 15) is 10.1 Å². The van der Waals surface area contributed by atoms with Crippen LogP contribution in [0, 0.1) is 22.5 Å². The second-order valence-electron chi connectivity index (χ2n) is 2.42. The predicted octanol–water partition coefficient (Wildman–Crippen LogP) is 1.26. The van der Waals surface area contributed by atoms with E-state index in [4.69, 9.17) is 11.5 Å². The summed E-state index contributed by atoms with van der Waals surface area (Å²) >= 11 is 0. The molecule has 0 aliphatic rings. The van der Waals surface area contributed by atoms with Gasteiger partial charge in [0.25, 0.3) is 5.69 Å². The lowest BCUT2D eigenvalue weighted by Gasteiger charge is -2.01. The van der Waals surface area contributed by atoms with Gasteiger partial charge in [-0.3, -0.25) is 10.1 Å². The van der Waals surface area contributed by atoms with Crippen molar-refractivity contribution in [2.24, 2.45) is 0 Å². The highest BCUT2D eigenvalue weighted by Crippen LogP contribution is 2.16. The summed E-state index contributed by atoms with van der Waals surface area (Å²) in [4.78, 5) is 9.75. The van der Waals surface area contributed by atoms with Crippen LogP contribution in [0.3, 0.4) is 0 Å². The van der Waals surface area contributed by atoms with Crippen LogP contribution < -0.4 is 0 Å². The van der Waals surface area contributed by atoms with Gasteiger partial charge in [0.2, 0.25) is 0 Å². The van der Waals surface area contributed by atoms with Gasteiger partial charge < -0.3 is 5.11 Å². The molecule has 0 bridgehead atoms. The Morgan fingerprint density at radius 2 is 2.00 bits per heavy atom. The lowest BCUT2D eigenvalue weighted by Crippen LogP contribution is -1.94. The van der Waals surface area contributed by atoms with Gasteiger partial charge in [-0.05, 0) is 17.7 Å². The van der Waals surface area contributed by atoms with Crippen LogP contribution in [0.2, 0.25) is 0 Å². The molecule has 1 aromatic rings. The minimum absolute atomic E-state index is 0.0204. The quantitative estimate of drug-likeness (QED) is 0.420. The molecular weight excluding hydrogens is 170 g/mol. The Morgan fingerprint density at radius 1 is 1.46 bits per heavy atom. The van der Waals surface area contributed by atoms with E-state index in [0.29, 0.717) is 5.56 Å². The van der Waals surface area contributed by atoms with E-state index in [-0.39, 0.29) is 5.69 Å². The van der Waals surface area contributed by atoms with Gasteiger partial charge in [0.05, 0.1) is 4.92 Å². The summed E-state index contributed by atoms with van der Waals surface area (Å²) in [5.41, 5.74) is 0.459. The van der Waals surface area contributed by atoms with E-state index in [2.05, 4.69) is 5.92 Å². The predicted molar refractivity (Wildman–Crippen MR) is 46.9 cm³/mol. The third-order valence-electron chi connectivity index (χ3n) is 1.58. The summed E-state index contributed by atoms with van der Waals surface area (Å²) in [5, 5.41) is 19.4. The highest BCUT2D eigenvalue weighted by molar-refractivity contribution is 5.35. The normalized spacial score (nSPS) is 11.7. The van der Waals surface area contributed by atoms with Crippen molar-refractivity contribution in [3.63, 3.8) is 0 Å². The fourth-order valence-corrected chi connectivity index (χ4v) is 0.875. The summed E-state index contributed by atoms with van der Waals surface area (Å²) < 4.78 is 0. The van der Waals surface area contributed by atoms with Crippen molar-refractivity contribution in [2.75, 3.05) is 0 Å². The topological polar surface area (TPSA) is 63.4 Å². The maximum atomic E-state index is 10.3. The van der Waals surface area contributed by atoms with Crippen molar-refractivity contribution in [3.8, 4) is 12.3 Å². The average molecular weight is 177 g/mol. The van der Waals surface area contributed by atoms with Gasteiger partial charge in [-0.25, -0.2) is 0 Å². The molecule has 4 heteroatoms. The Hall–Kier alpha value is -1.86. The van der Waals surface area contributed by atoms with E-state index in [1.807, 2.05) is 0 Å². The monoisotopic (exact) mass is 177 g/mol. The fraction of sp³-hybridized carbons (Fsp3) is 0.111. The lowest BCUT2D eigenvalue weighted by molar-refractivity contribution is -0.384. The number of hydrogen-bond acceptors (Lipinski definition) is 3. The second-order valence-corrected chi connectivity index (χ2v) is 2.42. The number of aliphatic hydroxyl groups excluding tert-OH is 1. The first-order valence-electron chi connectivity index (χ1n) is 3.53. The van der Waals surface area contributed by atoms with Gasteiger partial charge in [0.15, 0.2) is 0 Å². The molecule has 0 aliphatic heterocycles. The number of hydrogen-bond donors (Lipinski definition) is 1. The standard InChI is InChI=1S/C9H7NO3/c1-2-9(11)7-3-5-8(6-4-7)10(12)13/h1,3-6,9,11H. The Morgan fingerprint density at radius 3 is 2.38 bits per heavy atom. The zero-order valence-corrected chi connectivity index (χ0v) is 6.68. The van der Waals surface area contributed by atoms with E-state index in [0.717, 1.165) is 0 Å². The Balaban J connectivity index is 2.95. The maximum absolute atomic E-state index is 10.3. The number of rotatable bonds is 2. The van der Waals surface area contributed by atoms with E-state index in [1.54, 1.807) is 0 Å². The van der Waals surface area contributed by atoms with Crippen LogP contribution in [0.4, 0.5) is 5.69 Å². The first-order valence-corrected chi connectivity index (χ1v) is 3.53. The van der Waals surface area contributed by atoms with Crippen LogP contribution in [0.15, 0.2) is 24.3 Å². The van der Waals surface area contributed by atoms with Gasteiger partial charge >= 0.3 is 0 Å². The molecule has 0 heterocycles. The molecule has 1 aromatic carbocycles. The van der Waals surface area contributed by atoms with E-state index >= 15 is 0 Å². The second kappa shape index (κ2) is 3.70. The van der Waals surface area contributed by atoms with Gasteiger partial charge in [-0.1, -0.05) is 5.92 Å². The molecule has 0 amide bonds. The maximum Gasteiger partial charge on any atom is 0.269 e. The Bertz CT molecular complexity index is 350. The lowest BCUT2D eigenvalue weighted by atomic mass is 10.1. The van der Waals surface area contributed by atoms with Crippen molar-refractivity contribution < 1.29 is 10.0 Å². The number of nitrogens with zero attached hydrogens (tertiary/aromatic N) is 1. The number of terminal acetylenes is 1. The molecule has 0 aromatic heterocycles. The van der Waals surface area contributed by atoms with Gasteiger partial charge in [0.1, 0.15) is 6.10 Å². The molecule has 0 radical (unpaired) electrons. The molecule has 0 fully saturated rings. The third kappa shape index (κ3) is 2.04. The fourth-order valence-electron chi connectivity index (χ4n) is 0.875. The van der Waals surface area contributed by atoms with E-state index < -0.39 is 11.0 Å². The van der Waals surface area contributed by atoms with Crippen LogP contribution in [-0.4, -0.2) is 10.0 Å². The molecule has 1 atom stereocenters. The minimum Gasteiger partial charge on any atom is -0.376 e. The first-order chi connectivity index (χ1) is 6.15. The summed E-state index contributed by atoms with van der Waals surface area (Å²) in [6.07, 6.45) is 3.97. The molecule has 1 rings (SSSR count). The van der Waals surface area contributed by atoms with Crippen LogP contribution in [0.25, 0.3) is 0 Å². The zero-order chi connectivity index (χ0) is 9.84. The molecule has 1 N–H and O–H groups in total. The van der Waals surface area contributed by atoms with Crippen LogP contribution >= 0.6 is 0 Å². The number of non-ortho nitro benzene ring substituents is 1. The van der Waals surface area contributed by atoms with Crippen LogP contribution in [0.5, 0.6) is 0 Å². The van der Waals surface area contributed by atoms with E-state index in [1.165, 1.54) is 24.3 Å². The highest BCUT2D eigenvalue weighted by atomic mass is 16.6. The van der Waals surface area contributed by atoms with Gasteiger partial charge in [0, 0.05) is 12.1 Å². The van der Waals surface area contributed by atoms with Crippen molar-refractivity contribution >= 4 is 5.69 Å². The third-order valence-corrected chi connectivity index (χ3v) is 1.58. The number of nitro groups is 1. The highest BCUT2D eigenvalue weighted by Gasteiger charge is 2.07. The SMILES string of the molecule is C#CC(O)c1ccc([N+](=O)[O-])cc1. The molecule has 13 heavy (non-hydrogen) atoms. The average Bonchev–Trinajstić information content (AvgIpc) is 2.17. The number of nitro benzene ring substituents is 1. The largest absolute Gasteiger partial charge is 0.376 e. The zero-order valence-electron chi connectivity index (χ0n) is 6.68. The molecule has 1 unspecified atom stereocenters. The Kier molecular flexibility index (Phi) is 2.62.